The smallest absolute Gasteiger partial charge is 0.240 e. The molecule has 1 aliphatic rings. The highest BCUT2D eigenvalue weighted by molar-refractivity contribution is 7.89. The fourth-order valence-corrected chi connectivity index (χ4v) is 4.74. The summed E-state index contributed by atoms with van der Waals surface area (Å²) in [6.45, 7) is 6.26. The zero-order valence-corrected chi connectivity index (χ0v) is 18.1. The highest BCUT2D eigenvalue weighted by Gasteiger charge is 2.23. The zero-order chi connectivity index (χ0) is 21.0. The first-order valence-electron chi connectivity index (χ1n) is 9.47. The van der Waals surface area contributed by atoms with Crippen molar-refractivity contribution < 1.29 is 13.2 Å². The van der Waals surface area contributed by atoms with Crippen LogP contribution in [0.15, 0.2) is 41.4 Å². The zero-order valence-electron chi connectivity index (χ0n) is 16.6. The van der Waals surface area contributed by atoms with Crippen molar-refractivity contribution in [3.8, 4) is 0 Å². The number of carbonyl (C=O) groups is 1. The van der Waals surface area contributed by atoms with Gasteiger partial charge in [-0.25, -0.2) is 18.1 Å². The number of aromatic nitrogens is 1. The lowest BCUT2D eigenvalue weighted by molar-refractivity contribution is -0.131. The molecule has 1 aromatic carbocycles. The van der Waals surface area contributed by atoms with Gasteiger partial charge in [0.15, 0.2) is 0 Å². The number of hydrogen-bond donors (Lipinski definition) is 1. The lowest BCUT2D eigenvalue weighted by Crippen LogP contribution is -2.49. The minimum atomic E-state index is -3.63. The molecule has 9 heteroatoms. The van der Waals surface area contributed by atoms with Crippen molar-refractivity contribution >= 4 is 33.3 Å². The van der Waals surface area contributed by atoms with Crippen molar-refractivity contribution in [3.63, 3.8) is 0 Å². The van der Waals surface area contributed by atoms with E-state index < -0.39 is 10.0 Å². The Morgan fingerprint density at radius 2 is 1.86 bits per heavy atom. The number of halogens is 1. The molecule has 2 heterocycles. The first kappa shape index (κ1) is 21.5. The minimum absolute atomic E-state index is 0.0583. The van der Waals surface area contributed by atoms with Gasteiger partial charge in [0.2, 0.25) is 15.9 Å². The van der Waals surface area contributed by atoms with E-state index in [4.69, 9.17) is 11.6 Å². The monoisotopic (exact) mass is 436 g/mol. The summed E-state index contributed by atoms with van der Waals surface area (Å²) in [6.07, 6.45) is 1.74. The van der Waals surface area contributed by atoms with Crippen LogP contribution in [0.4, 0.5) is 5.82 Å². The molecule has 0 radical (unpaired) electrons. The van der Waals surface area contributed by atoms with E-state index in [-0.39, 0.29) is 23.8 Å². The number of anilines is 1. The Kier molecular flexibility index (Phi) is 6.77. The van der Waals surface area contributed by atoms with Gasteiger partial charge in [-0.3, -0.25) is 4.79 Å². The molecule has 2 aromatic rings. The third-order valence-electron chi connectivity index (χ3n) is 4.92. The van der Waals surface area contributed by atoms with Crippen LogP contribution in [0.25, 0.3) is 0 Å². The van der Waals surface area contributed by atoms with Gasteiger partial charge in [0.25, 0.3) is 0 Å². The van der Waals surface area contributed by atoms with Gasteiger partial charge >= 0.3 is 0 Å². The molecule has 0 aliphatic carbocycles. The highest BCUT2D eigenvalue weighted by Crippen LogP contribution is 2.17. The molecule has 1 fully saturated rings. The van der Waals surface area contributed by atoms with Gasteiger partial charge in [0.1, 0.15) is 5.82 Å². The first-order valence-corrected chi connectivity index (χ1v) is 11.3. The van der Waals surface area contributed by atoms with Crippen LogP contribution in [0.5, 0.6) is 0 Å². The third-order valence-corrected chi connectivity index (χ3v) is 6.76. The maximum Gasteiger partial charge on any atom is 0.240 e. The Morgan fingerprint density at radius 3 is 2.48 bits per heavy atom. The molecular weight excluding hydrogens is 412 g/mol. The number of aryl methyl sites for hydroxylation is 2. The SMILES string of the molecule is Cc1ccc(S(=O)(=O)NCCC(=O)N2CCN(c3ccc(Cl)cn3)CC2)c(C)c1. The van der Waals surface area contributed by atoms with Crippen LogP contribution in [0.2, 0.25) is 5.02 Å². The summed E-state index contributed by atoms with van der Waals surface area (Å²) < 4.78 is 27.5. The summed E-state index contributed by atoms with van der Waals surface area (Å²) in [4.78, 5) is 20.9. The fraction of sp³-hybridized carbons (Fsp3) is 0.400. The van der Waals surface area contributed by atoms with Crippen LogP contribution < -0.4 is 9.62 Å². The van der Waals surface area contributed by atoms with E-state index >= 15 is 0 Å². The molecule has 1 aromatic heterocycles. The van der Waals surface area contributed by atoms with Crippen molar-refractivity contribution in [2.24, 2.45) is 0 Å². The number of amides is 1. The van der Waals surface area contributed by atoms with Gasteiger partial charge in [-0.2, -0.15) is 0 Å². The quantitative estimate of drug-likeness (QED) is 0.751. The number of piperazine rings is 1. The second-order valence-corrected chi connectivity index (χ2v) is 9.29. The number of hydrogen-bond acceptors (Lipinski definition) is 5. The molecule has 3 rings (SSSR count). The second kappa shape index (κ2) is 9.11. The van der Waals surface area contributed by atoms with E-state index in [1.54, 1.807) is 36.2 Å². The minimum Gasteiger partial charge on any atom is -0.353 e. The summed E-state index contributed by atoms with van der Waals surface area (Å²) >= 11 is 5.87. The summed E-state index contributed by atoms with van der Waals surface area (Å²) in [7, 11) is -3.63. The van der Waals surface area contributed by atoms with Crippen molar-refractivity contribution in [3.05, 3.63) is 52.7 Å². The Morgan fingerprint density at radius 1 is 1.14 bits per heavy atom. The van der Waals surface area contributed by atoms with Gasteiger partial charge in [0, 0.05) is 45.3 Å². The largest absolute Gasteiger partial charge is 0.353 e. The van der Waals surface area contributed by atoms with Crippen LogP contribution >= 0.6 is 11.6 Å². The average Bonchev–Trinajstić information content (AvgIpc) is 2.68. The Hall–Kier alpha value is -2.16. The Labute approximate surface area is 176 Å². The van der Waals surface area contributed by atoms with E-state index in [9.17, 15) is 13.2 Å². The van der Waals surface area contributed by atoms with E-state index in [1.807, 2.05) is 19.1 Å². The molecule has 1 N–H and O–H groups in total. The van der Waals surface area contributed by atoms with Crippen LogP contribution in [0, 0.1) is 13.8 Å². The van der Waals surface area contributed by atoms with Gasteiger partial charge in [0.05, 0.1) is 9.92 Å². The van der Waals surface area contributed by atoms with Gasteiger partial charge in [-0.15, -0.1) is 0 Å². The van der Waals surface area contributed by atoms with Gasteiger partial charge in [-0.1, -0.05) is 29.3 Å². The fourth-order valence-electron chi connectivity index (χ4n) is 3.37. The van der Waals surface area contributed by atoms with Gasteiger partial charge in [-0.05, 0) is 37.6 Å². The lowest BCUT2D eigenvalue weighted by atomic mass is 10.2. The van der Waals surface area contributed by atoms with Crippen LogP contribution in [-0.4, -0.2) is 56.9 Å². The van der Waals surface area contributed by atoms with E-state index in [0.29, 0.717) is 36.8 Å². The predicted molar refractivity (Wildman–Crippen MR) is 114 cm³/mol. The summed E-state index contributed by atoms with van der Waals surface area (Å²) in [6, 6.07) is 8.85. The summed E-state index contributed by atoms with van der Waals surface area (Å²) in [5.41, 5.74) is 1.69. The molecule has 1 aliphatic heterocycles. The summed E-state index contributed by atoms with van der Waals surface area (Å²) in [5, 5.41) is 0.589. The Bertz CT molecular complexity index is 972. The lowest BCUT2D eigenvalue weighted by Gasteiger charge is -2.35. The molecular formula is C20H25ClN4O3S. The Balaban J connectivity index is 1.48. The normalized spacial score (nSPS) is 14.9. The van der Waals surface area contributed by atoms with Crippen molar-refractivity contribution in [1.82, 2.24) is 14.6 Å². The van der Waals surface area contributed by atoms with Crippen LogP contribution in [0.1, 0.15) is 17.5 Å². The third kappa shape index (κ3) is 5.46. The predicted octanol–water partition coefficient (Wildman–Crippen LogP) is 2.37. The van der Waals surface area contributed by atoms with Crippen LogP contribution in [0.3, 0.4) is 0 Å². The number of benzene rings is 1. The molecule has 0 saturated carbocycles. The van der Waals surface area contributed by atoms with Crippen molar-refractivity contribution in [1.29, 1.82) is 0 Å². The molecule has 29 heavy (non-hydrogen) atoms. The maximum atomic E-state index is 12.5. The van der Waals surface area contributed by atoms with E-state index in [2.05, 4.69) is 14.6 Å². The molecule has 1 amide bonds. The molecule has 156 valence electrons. The van der Waals surface area contributed by atoms with E-state index in [1.165, 1.54) is 0 Å². The maximum absolute atomic E-state index is 12.5. The number of nitrogens with one attached hydrogen (secondary N) is 1. The number of rotatable bonds is 6. The summed E-state index contributed by atoms with van der Waals surface area (Å²) in [5.74, 6) is 0.778. The number of carbonyl (C=O) groups excluding carboxylic acids is 1. The first-order chi connectivity index (χ1) is 13.8. The number of nitrogens with zero attached hydrogens (tertiary/aromatic N) is 3. The standard InChI is InChI=1S/C20H25ClN4O3S/c1-15-3-5-18(16(2)13-15)29(27,28)23-8-7-20(26)25-11-9-24(10-12-25)19-6-4-17(21)14-22-19/h3-6,13-14,23H,7-12H2,1-2H3. The van der Waals surface area contributed by atoms with Gasteiger partial charge < -0.3 is 9.80 Å². The number of pyridine rings is 1. The molecule has 0 bridgehead atoms. The molecule has 0 atom stereocenters. The van der Waals surface area contributed by atoms with Crippen molar-refractivity contribution in [2.75, 3.05) is 37.6 Å². The second-order valence-electron chi connectivity index (χ2n) is 7.12. The average molecular weight is 437 g/mol. The highest BCUT2D eigenvalue weighted by atomic mass is 35.5. The van der Waals surface area contributed by atoms with Crippen LogP contribution in [-0.2, 0) is 14.8 Å². The number of sulfonamides is 1. The molecule has 7 nitrogen and oxygen atoms in total. The molecule has 0 spiro atoms. The molecule has 1 saturated heterocycles. The topological polar surface area (TPSA) is 82.6 Å². The van der Waals surface area contributed by atoms with E-state index in [0.717, 1.165) is 11.4 Å². The molecule has 0 unspecified atom stereocenters. The van der Waals surface area contributed by atoms with Crippen molar-refractivity contribution in [2.45, 2.75) is 25.2 Å².